The van der Waals surface area contributed by atoms with Gasteiger partial charge in [-0.15, -0.1) is 0 Å². The highest BCUT2D eigenvalue weighted by Crippen LogP contribution is 2.17. The van der Waals surface area contributed by atoms with Gasteiger partial charge in [-0.2, -0.15) is 0 Å². The highest BCUT2D eigenvalue weighted by molar-refractivity contribution is 5.71. The third-order valence-electron chi connectivity index (χ3n) is 12.0. The van der Waals surface area contributed by atoms with Crippen LogP contribution in [0.4, 0.5) is 0 Å². The molecule has 0 spiro atoms. The summed E-state index contributed by atoms with van der Waals surface area (Å²) < 4.78 is 16.8. The van der Waals surface area contributed by atoms with Crippen LogP contribution in [0.15, 0.2) is 0 Å². The molecule has 0 unspecified atom stereocenters. The first-order valence-corrected chi connectivity index (χ1v) is 26.2. The summed E-state index contributed by atoms with van der Waals surface area (Å²) in [7, 11) is 0. The summed E-state index contributed by atoms with van der Waals surface area (Å²) in [5.41, 5.74) is 0. The van der Waals surface area contributed by atoms with Crippen molar-refractivity contribution in [2.45, 2.75) is 298 Å². The number of unbranched alkanes of at least 4 members (excludes halogenated alkanes) is 32. The Kier molecular flexibility index (Phi) is 44.7. The van der Waals surface area contributed by atoms with Crippen molar-refractivity contribution >= 4 is 17.9 Å². The zero-order valence-corrected chi connectivity index (χ0v) is 40.4. The van der Waals surface area contributed by atoms with Crippen molar-refractivity contribution < 1.29 is 28.6 Å². The molecular weight excluding hydrogens is 733 g/mol. The second-order valence-electron chi connectivity index (χ2n) is 19.1. The summed E-state index contributed by atoms with van der Waals surface area (Å²) in [6.45, 7) is 11.4. The van der Waals surface area contributed by atoms with Gasteiger partial charge in [-0.25, -0.2) is 0 Å². The van der Waals surface area contributed by atoms with E-state index in [0.29, 0.717) is 19.3 Å². The fourth-order valence-corrected chi connectivity index (χ4v) is 7.99. The Hall–Kier alpha value is -1.59. The van der Waals surface area contributed by atoms with Crippen LogP contribution in [0, 0.1) is 11.8 Å². The maximum absolute atomic E-state index is 12.8. The van der Waals surface area contributed by atoms with Crippen LogP contribution >= 0.6 is 0 Å². The fraction of sp³-hybridized carbons (Fsp3) is 0.943. The average molecular weight is 835 g/mol. The molecule has 0 radical (unpaired) electrons. The van der Waals surface area contributed by atoms with E-state index in [1.807, 2.05) is 0 Å². The standard InChI is InChI=1S/C53H102O6/c1-6-7-8-9-10-11-17-23-28-33-38-43-51(54)57-46-50(59-53(56)45-40-35-30-25-20-22-27-32-37-42-49(4)5)47-58-52(55)44-39-34-29-24-19-16-14-12-13-15-18-21-26-31-36-41-48(2)3/h48-50H,6-47H2,1-5H3/t50-/m1/s1. The van der Waals surface area contributed by atoms with E-state index in [9.17, 15) is 14.4 Å². The average Bonchev–Trinajstić information content (AvgIpc) is 3.20. The molecule has 1 atom stereocenters. The first-order valence-electron chi connectivity index (χ1n) is 26.2. The van der Waals surface area contributed by atoms with E-state index in [0.717, 1.165) is 69.6 Å². The first-order chi connectivity index (χ1) is 28.7. The molecule has 6 heteroatoms. The minimum atomic E-state index is -0.761. The molecule has 350 valence electrons. The van der Waals surface area contributed by atoms with Crippen molar-refractivity contribution in [2.24, 2.45) is 11.8 Å². The molecule has 0 aromatic rings. The Bertz CT molecular complexity index is 900. The van der Waals surface area contributed by atoms with Crippen LogP contribution in [-0.2, 0) is 28.6 Å². The predicted molar refractivity (Wildman–Crippen MR) is 252 cm³/mol. The summed E-state index contributed by atoms with van der Waals surface area (Å²) in [5, 5.41) is 0. The molecule has 0 rings (SSSR count). The van der Waals surface area contributed by atoms with Gasteiger partial charge in [-0.3, -0.25) is 14.4 Å². The maximum Gasteiger partial charge on any atom is 0.306 e. The highest BCUT2D eigenvalue weighted by Gasteiger charge is 2.19. The molecule has 0 fully saturated rings. The van der Waals surface area contributed by atoms with Gasteiger partial charge in [0.05, 0.1) is 0 Å². The molecule has 0 aromatic carbocycles. The molecule has 0 N–H and O–H groups in total. The van der Waals surface area contributed by atoms with Gasteiger partial charge in [0.25, 0.3) is 0 Å². The monoisotopic (exact) mass is 835 g/mol. The quantitative estimate of drug-likeness (QED) is 0.0345. The summed E-state index contributed by atoms with van der Waals surface area (Å²) >= 11 is 0. The molecule has 0 aliphatic rings. The number of hydrogen-bond donors (Lipinski definition) is 0. The molecule has 6 nitrogen and oxygen atoms in total. The summed E-state index contributed by atoms with van der Waals surface area (Å²) in [4.78, 5) is 37.9. The third kappa shape index (κ3) is 47.3. The molecule has 0 amide bonds. The maximum atomic E-state index is 12.8. The van der Waals surface area contributed by atoms with Gasteiger partial charge in [-0.1, -0.05) is 253 Å². The van der Waals surface area contributed by atoms with Crippen LogP contribution in [0.5, 0.6) is 0 Å². The Labute approximate surface area is 368 Å². The zero-order valence-electron chi connectivity index (χ0n) is 40.4. The van der Waals surface area contributed by atoms with Gasteiger partial charge in [0.2, 0.25) is 0 Å². The van der Waals surface area contributed by atoms with E-state index in [4.69, 9.17) is 14.2 Å². The van der Waals surface area contributed by atoms with E-state index in [1.165, 1.54) is 180 Å². The van der Waals surface area contributed by atoms with Gasteiger partial charge in [0, 0.05) is 19.3 Å². The number of rotatable bonds is 47. The molecular formula is C53H102O6. The van der Waals surface area contributed by atoms with Gasteiger partial charge in [0.15, 0.2) is 6.10 Å². The van der Waals surface area contributed by atoms with Crippen LogP contribution in [0.3, 0.4) is 0 Å². The minimum Gasteiger partial charge on any atom is -0.462 e. The van der Waals surface area contributed by atoms with E-state index in [-0.39, 0.29) is 31.1 Å². The SMILES string of the molecule is CCCCCCCCCCCCCC(=O)OC[C@H](COC(=O)CCCCCCCCCCCCCCCCCC(C)C)OC(=O)CCCCCCCCCCCC(C)C. The molecule has 0 saturated carbocycles. The van der Waals surface area contributed by atoms with Crippen molar-refractivity contribution in [1.29, 1.82) is 0 Å². The lowest BCUT2D eigenvalue weighted by Crippen LogP contribution is -2.30. The lowest BCUT2D eigenvalue weighted by atomic mass is 10.0. The fourth-order valence-electron chi connectivity index (χ4n) is 7.99. The molecule has 0 aliphatic carbocycles. The van der Waals surface area contributed by atoms with E-state index in [1.54, 1.807) is 0 Å². The largest absolute Gasteiger partial charge is 0.462 e. The number of carbonyl (C=O) groups excluding carboxylic acids is 3. The summed E-state index contributed by atoms with van der Waals surface area (Å²) in [6.07, 6.45) is 46.6. The van der Waals surface area contributed by atoms with Crippen LogP contribution in [0.1, 0.15) is 291 Å². The Morgan fingerprint density at radius 3 is 0.831 bits per heavy atom. The molecule has 59 heavy (non-hydrogen) atoms. The number of esters is 3. The minimum absolute atomic E-state index is 0.0637. The van der Waals surface area contributed by atoms with Gasteiger partial charge < -0.3 is 14.2 Å². The third-order valence-corrected chi connectivity index (χ3v) is 12.0. The Morgan fingerprint density at radius 2 is 0.559 bits per heavy atom. The number of ether oxygens (including phenoxy) is 3. The van der Waals surface area contributed by atoms with Crippen molar-refractivity contribution in [3.63, 3.8) is 0 Å². The highest BCUT2D eigenvalue weighted by atomic mass is 16.6. The number of hydrogen-bond acceptors (Lipinski definition) is 6. The Balaban J connectivity index is 4.26. The van der Waals surface area contributed by atoms with Crippen LogP contribution in [-0.4, -0.2) is 37.2 Å². The summed E-state index contributed by atoms with van der Waals surface area (Å²) in [6, 6.07) is 0. The van der Waals surface area contributed by atoms with Crippen molar-refractivity contribution in [1.82, 2.24) is 0 Å². The zero-order chi connectivity index (χ0) is 43.3. The van der Waals surface area contributed by atoms with Crippen molar-refractivity contribution in [3.05, 3.63) is 0 Å². The lowest BCUT2D eigenvalue weighted by Gasteiger charge is -2.18. The topological polar surface area (TPSA) is 78.9 Å². The molecule has 0 bridgehead atoms. The van der Waals surface area contributed by atoms with Crippen molar-refractivity contribution in [2.75, 3.05) is 13.2 Å². The van der Waals surface area contributed by atoms with Gasteiger partial charge in [0.1, 0.15) is 13.2 Å². The summed E-state index contributed by atoms with van der Waals surface area (Å²) in [5.74, 6) is 0.806. The van der Waals surface area contributed by atoms with Crippen molar-refractivity contribution in [3.8, 4) is 0 Å². The normalized spacial score (nSPS) is 12.1. The molecule has 0 aliphatic heterocycles. The molecule has 0 saturated heterocycles. The number of carbonyl (C=O) groups is 3. The van der Waals surface area contributed by atoms with E-state index >= 15 is 0 Å². The van der Waals surface area contributed by atoms with Crippen LogP contribution < -0.4 is 0 Å². The smallest absolute Gasteiger partial charge is 0.306 e. The first kappa shape index (κ1) is 57.4. The second-order valence-corrected chi connectivity index (χ2v) is 19.1. The van der Waals surface area contributed by atoms with Gasteiger partial charge >= 0.3 is 17.9 Å². The van der Waals surface area contributed by atoms with Gasteiger partial charge in [-0.05, 0) is 31.1 Å². The second kappa shape index (κ2) is 45.9. The van der Waals surface area contributed by atoms with E-state index in [2.05, 4.69) is 34.6 Å². The van der Waals surface area contributed by atoms with Crippen LogP contribution in [0.2, 0.25) is 0 Å². The lowest BCUT2D eigenvalue weighted by molar-refractivity contribution is -0.167. The molecule has 0 heterocycles. The molecule has 0 aromatic heterocycles. The van der Waals surface area contributed by atoms with E-state index < -0.39 is 6.10 Å². The van der Waals surface area contributed by atoms with Crippen LogP contribution in [0.25, 0.3) is 0 Å². The predicted octanol–water partition coefficient (Wildman–Crippen LogP) is 16.9. The Morgan fingerprint density at radius 1 is 0.322 bits per heavy atom.